The zero-order valence-electron chi connectivity index (χ0n) is 21.2. The third kappa shape index (κ3) is 6.05. The van der Waals surface area contributed by atoms with E-state index in [0.717, 1.165) is 34.9 Å². The first kappa shape index (κ1) is 26.7. The van der Waals surface area contributed by atoms with Gasteiger partial charge in [-0.05, 0) is 71.4 Å². The molecule has 1 amide bonds. The highest BCUT2D eigenvalue weighted by molar-refractivity contribution is 7.99. The Hall–Kier alpha value is -2.85. The Morgan fingerprint density at radius 3 is 2.37 bits per heavy atom. The van der Waals surface area contributed by atoms with Crippen molar-refractivity contribution >= 4 is 45.7 Å². The molecule has 0 atom stereocenters. The molecule has 35 heavy (non-hydrogen) atoms. The van der Waals surface area contributed by atoms with Crippen LogP contribution in [0.5, 0.6) is 0 Å². The minimum atomic E-state index is -0.417. The Balaban J connectivity index is 1.71. The molecule has 3 aromatic rings. The van der Waals surface area contributed by atoms with Gasteiger partial charge in [0.1, 0.15) is 5.00 Å². The summed E-state index contributed by atoms with van der Waals surface area (Å²) in [6.07, 6.45) is 0. The number of nitrogens with zero attached hydrogens (tertiary/aromatic N) is 4. The fourth-order valence-corrected chi connectivity index (χ4v) is 5.63. The molecule has 2 aromatic heterocycles. The summed E-state index contributed by atoms with van der Waals surface area (Å²) in [5, 5.41) is 12.8. The highest BCUT2D eigenvalue weighted by atomic mass is 32.2. The summed E-state index contributed by atoms with van der Waals surface area (Å²) in [4.78, 5) is 28.4. The number of aryl methyl sites for hydroxylation is 1. The second kappa shape index (κ2) is 12.2. The highest BCUT2D eigenvalue weighted by Crippen LogP contribution is 2.33. The molecule has 0 saturated heterocycles. The van der Waals surface area contributed by atoms with Crippen molar-refractivity contribution in [1.29, 1.82) is 0 Å². The van der Waals surface area contributed by atoms with Crippen molar-refractivity contribution in [3.63, 3.8) is 0 Å². The third-order valence-electron chi connectivity index (χ3n) is 5.74. The Morgan fingerprint density at radius 2 is 1.77 bits per heavy atom. The number of esters is 1. The van der Waals surface area contributed by atoms with Gasteiger partial charge in [0.25, 0.3) is 0 Å². The lowest BCUT2D eigenvalue weighted by molar-refractivity contribution is -0.113. The van der Waals surface area contributed by atoms with Gasteiger partial charge >= 0.3 is 5.97 Å². The first-order valence-electron chi connectivity index (χ1n) is 11.8. The molecule has 0 spiro atoms. The van der Waals surface area contributed by atoms with Crippen LogP contribution in [0.3, 0.4) is 0 Å². The van der Waals surface area contributed by atoms with Crippen LogP contribution in [0.25, 0.3) is 11.4 Å². The highest BCUT2D eigenvalue weighted by Gasteiger charge is 2.22. The number of thiophene rings is 1. The smallest absolute Gasteiger partial charge is 0.341 e. The van der Waals surface area contributed by atoms with Crippen molar-refractivity contribution in [3.8, 4) is 11.4 Å². The molecule has 2 heterocycles. The lowest BCUT2D eigenvalue weighted by Gasteiger charge is -2.21. The molecule has 0 aliphatic carbocycles. The average Bonchev–Trinajstić information content (AvgIpc) is 3.38. The molecule has 0 aliphatic heterocycles. The van der Waals surface area contributed by atoms with E-state index < -0.39 is 5.97 Å². The van der Waals surface area contributed by atoms with E-state index in [0.29, 0.717) is 22.3 Å². The van der Waals surface area contributed by atoms with Gasteiger partial charge in [-0.3, -0.25) is 4.79 Å². The fraction of sp³-hybridized carbons (Fsp3) is 0.440. The maximum atomic E-state index is 12.7. The van der Waals surface area contributed by atoms with Gasteiger partial charge in [-0.15, -0.1) is 21.5 Å². The Labute approximate surface area is 215 Å². The summed E-state index contributed by atoms with van der Waals surface area (Å²) in [5.74, 6) is 0.296. The van der Waals surface area contributed by atoms with E-state index in [4.69, 9.17) is 4.74 Å². The SMILES string of the molecule is CCOC(=O)c1c(NC(=O)CSc2nnc(-c3ccc(N(CC)CC)cc3)n2CC)sc(C)c1C. The van der Waals surface area contributed by atoms with Gasteiger partial charge in [0.2, 0.25) is 5.91 Å². The number of hydrogen-bond donors (Lipinski definition) is 1. The van der Waals surface area contributed by atoms with Crippen LogP contribution in [-0.2, 0) is 16.1 Å². The monoisotopic (exact) mass is 515 g/mol. The number of benzene rings is 1. The molecule has 3 rings (SSSR count). The van der Waals surface area contributed by atoms with E-state index in [9.17, 15) is 9.59 Å². The number of carbonyl (C=O) groups is 2. The van der Waals surface area contributed by atoms with E-state index in [1.807, 2.05) is 25.3 Å². The van der Waals surface area contributed by atoms with E-state index >= 15 is 0 Å². The standard InChI is InChI=1S/C25H33N5O3S2/c1-7-29(8-2)19-13-11-18(12-14-19)22-27-28-25(30(22)9-3)34-15-20(31)26-23-21(24(32)33-10-4)16(5)17(6)35-23/h11-14H,7-10,15H2,1-6H3,(H,26,31). The first-order chi connectivity index (χ1) is 16.8. The Bertz CT molecular complexity index is 1170. The molecular formula is C25H33N5O3S2. The zero-order chi connectivity index (χ0) is 25.5. The van der Waals surface area contributed by atoms with Gasteiger partial charge in [-0.1, -0.05) is 11.8 Å². The summed E-state index contributed by atoms with van der Waals surface area (Å²) in [5.41, 5.74) is 3.42. The molecule has 188 valence electrons. The maximum Gasteiger partial charge on any atom is 0.341 e. The van der Waals surface area contributed by atoms with Crippen molar-refractivity contribution in [2.45, 2.75) is 53.2 Å². The average molecular weight is 516 g/mol. The van der Waals surface area contributed by atoms with Crippen LogP contribution in [0.1, 0.15) is 48.5 Å². The van der Waals surface area contributed by atoms with Gasteiger partial charge in [0.15, 0.2) is 11.0 Å². The van der Waals surface area contributed by atoms with Crippen LogP contribution in [-0.4, -0.2) is 52.1 Å². The summed E-state index contributed by atoms with van der Waals surface area (Å²) >= 11 is 2.70. The predicted molar refractivity (Wildman–Crippen MR) is 144 cm³/mol. The molecule has 0 bridgehead atoms. The molecule has 8 nitrogen and oxygen atoms in total. The quantitative estimate of drug-likeness (QED) is 0.270. The van der Waals surface area contributed by atoms with Crippen LogP contribution < -0.4 is 10.2 Å². The third-order valence-corrected chi connectivity index (χ3v) is 7.83. The molecule has 0 aliphatic rings. The Morgan fingerprint density at radius 1 is 1.09 bits per heavy atom. The van der Waals surface area contributed by atoms with Crippen molar-refractivity contribution < 1.29 is 14.3 Å². The van der Waals surface area contributed by atoms with Crippen molar-refractivity contribution in [3.05, 3.63) is 40.3 Å². The summed E-state index contributed by atoms with van der Waals surface area (Å²) in [6.45, 7) is 14.7. The molecular weight excluding hydrogens is 482 g/mol. The number of aromatic nitrogens is 3. The van der Waals surface area contributed by atoms with Gasteiger partial charge in [0.05, 0.1) is 17.9 Å². The van der Waals surface area contributed by atoms with E-state index in [-0.39, 0.29) is 18.3 Å². The van der Waals surface area contributed by atoms with Gasteiger partial charge in [-0.25, -0.2) is 4.79 Å². The molecule has 1 aromatic carbocycles. The van der Waals surface area contributed by atoms with Crippen LogP contribution in [0, 0.1) is 13.8 Å². The number of rotatable bonds is 11. The molecule has 0 saturated carbocycles. The molecule has 10 heteroatoms. The normalized spacial score (nSPS) is 10.9. The summed E-state index contributed by atoms with van der Waals surface area (Å²) in [7, 11) is 0. The van der Waals surface area contributed by atoms with Crippen LogP contribution >= 0.6 is 23.1 Å². The predicted octanol–water partition coefficient (Wildman–Crippen LogP) is 5.40. The topological polar surface area (TPSA) is 89.3 Å². The van der Waals surface area contributed by atoms with Crippen LogP contribution in [0.4, 0.5) is 10.7 Å². The summed E-state index contributed by atoms with van der Waals surface area (Å²) in [6, 6.07) is 8.32. The van der Waals surface area contributed by atoms with Gasteiger partial charge in [0, 0.05) is 35.8 Å². The first-order valence-corrected chi connectivity index (χ1v) is 13.6. The van der Waals surface area contributed by atoms with Crippen molar-refractivity contribution in [1.82, 2.24) is 14.8 Å². The lowest BCUT2D eigenvalue weighted by atomic mass is 10.1. The number of ether oxygens (including phenoxy) is 1. The number of carbonyl (C=O) groups excluding carboxylic acids is 2. The fourth-order valence-electron chi connectivity index (χ4n) is 3.76. The number of nitrogens with one attached hydrogen (secondary N) is 1. The number of hydrogen-bond acceptors (Lipinski definition) is 8. The second-order valence-corrected chi connectivity index (χ2v) is 9.98. The van der Waals surface area contributed by atoms with E-state index in [2.05, 4.69) is 58.5 Å². The van der Waals surface area contributed by atoms with Crippen LogP contribution in [0.15, 0.2) is 29.4 Å². The zero-order valence-corrected chi connectivity index (χ0v) is 22.8. The van der Waals surface area contributed by atoms with Crippen molar-refractivity contribution in [2.24, 2.45) is 0 Å². The van der Waals surface area contributed by atoms with E-state index in [1.165, 1.54) is 28.8 Å². The lowest BCUT2D eigenvalue weighted by Crippen LogP contribution is -2.21. The van der Waals surface area contributed by atoms with Gasteiger partial charge in [-0.2, -0.15) is 0 Å². The maximum absolute atomic E-state index is 12.7. The molecule has 0 fully saturated rings. The minimum Gasteiger partial charge on any atom is -0.462 e. The number of thioether (sulfide) groups is 1. The largest absolute Gasteiger partial charge is 0.462 e. The molecule has 0 unspecified atom stereocenters. The van der Waals surface area contributed by atoms with E-state index in [1.54, 1.807) is 6.92 Å². The van der Waals surface area contributed by atoms with Gasteiger partial charge < -0.3 is 19.5 Å². The summed E-state index contributed by atoms with van der Waals surface area (Å²) < 4.78 is 7.18. The number of amides is 1. The molecule has 0 radical (unpaired) electrons. The number of anilines is 2. The van der Waals surface area contributed by atoms with Crippen LogP contribution in [0.2, 0.25) is 0 Å². The second-order valence-electron chi connectivity index (χ2n) is 7.81. The Kier molecular flexibility index (Phi) is 9.33. The van der Waals surface area contributed by atoms with Crippen molar-refractivity contribution in [2.75, 3.05) is 35.7 Å². The minimum absolute atomic E-state index is 0.150. The molecule has 1 N–H and O–H groups in total.